The number of hydrogen-bond acceptors (Lipinski definition) is 3. The molecule has 1 saturated heterocycles. The number of hydrogen-bond donors (Lipinski definition) is 1. The predicted octanol–water partition coefficient (Wildman–Crippen LogP) is 1.27. The zero-order valence-corrected chi connectivity index (χ0v) is 13.0. The van der Waals surface area contributed by atoms with Crippen molar-refractivity contribution in [2.45, 2.75) is 44.6 Å². The molecule has 2 rings (SSSR count). The van der Waals surface area contributed by atoms with Crippen molar-refractivity contribution >= 4 is 10.0 Å². The highest BCUT2D eigenvalue weighted by atomic mass is 32.2. The SMILES string of the molecule is CCc1c(C)c(S(=O)(=O)NC2(C)COC2)c(C)n1C. The summed E-state index contributed by atoms with van der Waals surface area (Å²) in [6.07, 6.45) is 0.819. The van der Waals surface area contributed by atoms with Crippen LogP contribution in [0.2, 0.25) is 0 Å². The van der Waals surface area contributed by atoms with Gasteiger partial charge in [0.2, 0.25) is 10.0 Å². The van der Waals surface area contributed by atoms with E-state index in [4.69, 9.17) is 4.74 Å². The van der Waals surface area contributed by atoms with E-state index in [-0.39, 0.29) is 0 Å². The van der Waals surface area contributed by atoms with Crippen LogP contribution in [0, 0.1) is 13.8 Å². The normalized spacial score (nSPS) is 18.4. The van der Waals surface area contributed by atoms with Crippen molar-refractivity contribution < 1.29 is 13.2 Å². The van der Waals surface area contributed by atoms with Gasteiger partial charge in [-0.2, -0.15) is 0 Å². The second kappa shape index (κ2) is 4.61. The van der Waals surface area contributed by atoms with Crippen LogP contribution in [0.1, 0.15) is 30.8 Å². The van der Waals surface area contributed by atoms with Crippen molar-refractivity contribution in [1.29, 1.82) is 0 Å². The Kier molecular flexibility index (Phi) is 3.53. The molecule has 6 heteroatoms. The van der Waals surface area contributed by atoms with Crippen molar-refractivity contribution in [2.75, 3.05) is 13.2 Å². The predicted molar refractivity (Wildman–Crippen MR) is 73.8 cm³/mol. The van der Waals surface area contributed by atoms with Gasteiger partial charge < -0.3 is 9.30 Å². The van der Waals surface area contributed by atoms with Crippen molar-refractivity contribution in [3.8, 4) is 0 Å². The van der Waals surface area contributed by atoms with E-state index in [0.29, 0.717) is 18.1 Å². The van der Waals surface area contributed by atoms with E-state index >= 15 is 0 Å². The first-order chi connectivity index (χ1) is 8.72. The molecule has 1 N–H and O–H groups in total. The number of ether oxygens (including phenoxy) is 1. The molecule has 1 aliphatic heterocycles. The third-order valence-electron chi connectivity index (χ3n) is 3.84. The van der Waals surface area contributed by atoms with Gasteiger partial charge in [-0.25, -0.2) is 13.1 Å². The topological polar surface area (TPSA) is 60.3 Å². The highest BCUT2D eigenvalue weighted by Gasteiger charge is 2.39. The van der Waals surface area contributed by atoms with Crippen LogP contribution in [0.25, 0.3) is 0 Å². The largest absolute Gasteiger partial charge is 0.377 e. The molecule has 1 aliphatic rings. The summed E-state index contributed by atoms with van der Waals surface area (Å²) in [6.45, 7) is 8.48. The van der Waals surface area contributed by atoms with Gasteiger partial charge >= 0.3 is 0 Å². The van der Waals surface area contributed by atoms with E-state index in [0.717, 1.165) is 23.4 Å². The Hall–Kier alpha value is -0.850. The fraction of sp³-hybridized carbons (Fsp3) is 0.692. The molecule has 5 nitrogen and oxygen atoms in total. The highest BCUT2D eigenvalue weighted by molar-refractivity contribution is 7.89. The van der Waals surface area contributed by atoms with Crippen LogP contribution in [0.5, 0.6) is 0 Å². The fourth-order valence-corrected chi connectivity index (χ4v) is 4.67. The standard InChI is InChI=1S/C13H22N2O3S/c1-6-11-9(2)12(10(3)15(11)5)19(16,17)14-13(4)7-18-8-13/h14H,6-8H2,1-5H3. The number of nitrogens with one attached hydrogen (secondary N) is 1. The molecule has 0 aliphatic carbocycles. The first-order valence-corrected chi connectivity index (χ1v) is 7.96. The average molecular weight is 286 g/mol. The maximum atomic E-state index is 12.6. The summed E-state index contributed by atoms with van der Waals surface area (Å²) in [5, 5.41) is 0. The number of rotatable bonds is 4. The maximum Gasteiger partial charge on any atom is 0.243 e. The average Bonchev–Trinajstić information content (AvgIpc) is 2.47. The molecule has 0 unspecified atom stereocenters. The number of nitrogens with zero attached hydrogens (tertiary/aromatic N) is 1. The van der Waals surface area contributed by atoms with E-state index in [9.17, 15) is 8.42 Å². The van der Waals surface area contributed by atoms with Crippen molar-refractivity contribution in [3.63, 3.8) is 0 Å². The van der Waals surface area contributed by atoms with Gasteiger partial charge in [0.05, 0.1) is 18.8 Å². The molecule has 1 fully saturated rings. The Balaban J connectivity index is 2.46. The lowest BCUT2D eigenvalue weighted by molar-refractivity contribution is -0.0523. The lowest BCUT2D eigenvalue weighted by Gasteiger charge is -2.38. The Bertz CT molecular complexity index is 598. The van der Waals surface area contributed by atoms with Gasteiger partial charge in [0, 0.05) is 18.4 Å². The third-order valence-corrected chi connectivity index (χ3v) is 5.74. The monoisotopic (exact) mass is 286 g/mol. The van der Waals surface area contributed by atoms with Crippen molar-refractivity contribution in [2.24, 2.45) is 7.05 Å². The molecule has 19 heavy (non-hydrogen) atoms. The Morgan fingerprint density at radius 3 is 2.32 bits per heavy atom. The fourth-order valence-electron chi connectivity index (χ4n) is 2.75. The summed E-state index contributed by atoms with van der Waals surface area (Å²) in [5.74, 6) is 0. The lowest BCUT2D eigenvalue weighted by Crippen LogP contribution is -2.59. The summed E-state index contributed by atoms with van der Waals surface area (Å²) in [6, 6.07) is 0. The van der Waals surface area contributed by atoms with Crippen LogP contribution in [0.3, 0.4) is 0 Å². The van der Waals surface area contributed by atoms with Crippen LogP contribution in [-0.2, 0) is 28.2 Å². The zero-order chi connectivity index (χ0) is 14.4. The second-order valence-electron chi connectivity index (χ2n) is 5.56. The summed E-state index contributed by atoms with van der Waals surface area (Å²) < 4.78 is 35.0. The van der Waals surface area contributed by atoms with Gasteiger partial charge in [-0.15, -0.1) is 0 Å². The van der Waals surface area contributed by atoms with Crippen LogP contribution in [0.15, 0.2) is 4.90 Å². The summed E-state index contributed by atoms with van der Waals surface area (Å²) >= 11 is 0. The van der Waals surface area contributed by atoms with Crippen molar-refractivity contribution in [3.05, 3.63) is 17.0 Å². The Labute approximate surface area is 115 Å². The molecular formula is C13H22N2O3S. The maximum absolute atomic E-state index is 12.6. The van der Waals surface area contributed by atoms with Crippen molar-refractivity contribution in [1.82, 2.24) is 9.29 Å². The molecule has 0 atom stereocenters. The molecular weight excluding hydrogens is 264 g/mol. The van der Waals surface area contributed by atoms with E-state index < -0.39 is 15.6 Å². The minimum absolute atomic E-state index is 0.417. The van der Waals surface area contributed by atoms with Crippen LogP contribution in [0.4, 0.5) is 0 Å². The molecule has 0 spiro atoms. The summed E-state index contributed by atoms with van der Waals surface area (Å²) in [5.41, 5.74) is 2.22. The first kappa shape index (κ1) is 14.6. The van der Waals surface area contributed by atoms with E-state index in [1.165, 1.54) is 0 Å². The smallest absolute Gasteiger partial charge is 0.243 e. The third kappa shape index (κ3) is 2.32. The van der Waals surface area contributed by atoms with Crippen LogP contribution >= 0.6 is 0 Å². The molecule has 1 aromatic rings. The molecule has 0 aromatic carbocycles. The van der Waals surface area contributed by atoms with Gasteiger partial charge in [0.15, 0.2) is 0 Å². The molecule has 1 aromatic heterocycles. The van der Waals surface area contributed by atoms with Gasteiger partial charge in [0.1, 0.15) is 4.90 Å². The molecule has 108 valence electrons. The quantitative estimate of drug-likeness (QED) is 0.907. The van der Waals surface area contributed by atoms with E-state index in [1.54, 1.807) is 0 Å². The lowest BCUT2D eigenvalue weighted by atomic mass is 10.0. The Morgan fingerprint density at radius 1 is 1.37 bits per heavy atom. The minimum atomic E-state index is -3.50. The summed E-state index contributed by atoms with van der Waals surface area (Å²) in [7, 11) is -1.59. The number of sulfonamides is 1. The first-order valence-electron chi connectivity index (χ1n) is 6.48. The molecule has 2 heterocycles. The van der Waals surface area contributed by atoms with Gasteiger partial charge in [-0.05, 0) is 32.8 Å². The number of aromatic nitrogens is 1. The van der Waals surface area contributed by atoms with E-state index in [2.05, 4.69) is 4.72 Å². The molecule has 0 radical (unpaired) electrons. The molecule has 0 saturated carbocycles. The Morgan fingerprint density at radius 2 is 1.95 bits per heavy atom. The van der Waals surface area contributed by atoms with Crippen LogP contribution < -0.4 is 4.72 Å². The minimum Gasteiger partial charge on any atom is -0.377 e. The molecule has 0 bridgehead atoms. The highest BCUT2D eigenvalue weighted by Crippen LogP contribution is 2.28. The van der Waals surface area contributed by atoms with Crippen LogP contribution in [-0.4, -0.2) is 31.7 Å². The zero-order valence-electron chi connectivity index (χ0n) is 12.2. The van der Waals surface area contributed by atoms with Gasteiger partial charge in [-0.3, -0.25) is 0 Å². The second-order valence-corrected chi connectivity index (χ2v) is 7.18. The van der Waals surface area contributed by atoms with Gasteiger partial charge in [0.25, 0.3) is 0 Å². The summed E-state index contributed by atoms with van der Waals surface area (Å²) in [4.78, 5) is 0.417. The van der Waals surface area contributed by atoms with Gasteiger partial charge in [-0.1, -0.05) is 6.92 Å². The van der Waals surface area contributed by atoms with E-state index in [1.807, 2.05) is 39.3 Å². The molecule has 0 amide bonds.